The Balaban J connectivity index is 1.40. The summed E-state index contributed by atoms with van der Waals surface area (Å²) in [5.74, 6) is 2.48. The number of hydrogen-bond acceptors (Lipinski definition) is 2. The van der Waals surface area contributed by atoms with Gasteiger partial charge in [-0.05, 0) is 72.5 Å². The zero-order valence-electron chi connectivity index (χ0n) is 15.8. The largest absolute Gasteiger partial charge is 0.299 e. The molecule has 0 bridgehead atoms. The number of Topliss-reactive ketones (excluding diaryl/α,β-unsaturated/α-hetero) is 1. The van der Waals surface area contributed by atoms with Gasteiger partial charge in [-0.2, -0.15) is 0 Å². The number of ketones is 1. The van der Waals surface area contributed by atoms with Crippen molar-refractivity contribution < 1.29 is 4.79 Å². The van der Waals surface area contributed by atoms with Crippen LogP contribution in [0.1, 0.15) is 57.9 Å². The van der Waals surface area contributed by atoms with E-state index in [2.05, 4.69) is 37.0 Å². The van der Waals surface area contributed by atoms with E-state index < -0.39 is 0 Å². The van der Waals surface area contributed by atoms with Crippen LogP contribution in [0.15, 0.2) is 42.3 Å². The van der Waals surface area contributed by atoms with Crippen LogP contribution in [0, 0.1) is 34.0 Å². The maximum atomic E-state index is 13.3. The first-order valence-corrected chi connectivity index (χ1v) is 10.4. The van der Waals surface area contributed by atoms with E-state index in [1.807, 2.05) is 18.5 Å². The van der Waals surface area contributed by atoms with Gasteiger partial charge in [-0.15, -0.1) is 0 Å². The molecule has 134 valence electrons. The van der Waals surface area contributed by atoms with Crippen LogP contribution in [-0.4, -0.2) is 10.8 Å². The predicted molar refractivity (Wildman–Crippen MR) is 102 cm³/mol. The maximum Gasteiger partial charge on any atom is 0.140 e. The number of hydrogen-bond donors (Lipinski definition) is 0. The standard InChI is InChI=1S/C24H27NO/c1-22-9-8-20-17(12-21(26)24-13-16(24)7-10-23(20,24)2)19(22)6-5-18(22)15-4-3-11-25-14-15/h3-6,11,14,16-17,20H,7-10,12-13H2,1-2H3/t16?,17?,20?,22-,23-,24?/m1/s1. The van der Waals surface area contributed by atoms with Crippen molar-refractivity contribution >= 4 is 11.4 Å². The van der Waals surface area contributed by atoms with Crippen LogP contribution in [0.5, 0.6) is 0 Å². The summed E-state index contributed by atoms with van der Waals surface area (Å²) in [4.78, 5) is 17.6. The third-order valence-corrected chi connectivity index (χ3v) is 9.33. The Morgan fingerprint density at radius 2 is 2.04 bits per heavy atom. The topological polar surface area (TPSA) is 30.0 Å². The molecule has 1 aromatic rings. The third kappa shape index (κ3) is 1.53. The molecule has 2 heteroatoms. The van der Waals surface area contributed by atoms with E-state index in [1.165, 1.54) is 43.2 Å². The molecular weight excluding hydrogens is 318 g/mol. The van der Waals surface area contributed by atoms with Crippen molar-refractivity contribution in [2.45, 2.75) is 52.4 Å². The van der Waals surface area contributed by atoms with E-state index in [0.29, 0.717) is 17.6 Å². The molecule has 1 heterocycles. The number of aromatic nitrogens is 1. The molecule has 0 aliphatic heterocycles. The molecule has 0 saturated heterocycles. The normalized spacial score (nSPS) is 48.1. The van der Waals surface area contributed by atoms with Crippen LogP contribution in [0.3, 0.4) is 0 Å². The Labute approximate surface area is 155 Å². The zero-order chi connectivity index (χ0) is 17.7. The monoisotopic (exact) mass is 345 g/mol. The first kappa shape index (κ1) is 15.4. The van der Waals surface area contributed by atoms with Crippen molar-refractivity contribution in [3.8, 4) is 0 Å². The molecule has 2 nitrogen and oxygen atoms in total. The first-order valence-electron chi connectivity index (χ1n) is 10.4. The SMILES string of the molecule is C[C@]12CCC3C(CC(=O)C45CC4CC[C@]35C)C1=CC=C2c1cccnc1. The molecule has 0 N–H and O–H groups in total. The van der Waals surface area contributed by atoms with Crippen molar-refractivity contribution in [1.29, 1.82) is 0 Å². The number of allylic oxidation sites excluding steroid dienone is 4. The van der Waals surface area contributed by atoms with Gasteiger partial charge >= 0.3 is 0 Å². The molecule has 4 unspecified atom stereocenters. The first-order chi connectivity index (χ1) is 12.5. The zero-order valence-corrected chi connectivity index (χ0v) is 15.8. The van der Waals surface area contributed by atoms with Gasteiger partial charge in [0.25, 0.3) is 0 Å². The fourth-order valence-electron chi connectivity index (χ4n) is 7.95. The van der Waals surface area contributed by atoms with E-state index >= 15 is 0 Å². The lowest BCUT2D eigenvalue weighted by Crippen LogP contribution is -2.52. The summed E-state index contributed by atoms with van der Waals surface area (Å²) in [6.45, 7) is 4.88. The average molecular weight is 345 g/mol. The van der Waals surface area contributed by atoms with E-state index in [1.54, 1.807) is 5.57 Å². The summed E-state index contributed by atoms with van der Waals surface area (Å²) in [6.07, 6.45) is 15.6. The molecule has 6 atom stereocenters. The highest BCUT2D eigenvalue weighted by molar-refractivity contribution is 5.92. The maximum absolute atomic E-state index is 13.3. The summed E-state index contributed by atoms with van der Waals surface area (Å²) in [6, 6.07) is 4.21. The summed E-state index contributed by atoms with van der Waals surface area (Å²) >= 11 is 0. The van der Waals surface area contributed by atoms with Gasteiger partial charge < -0.3 is 0 Å². The molecule has 26 heavy (non-hydrogen) atoms. The fraction of sp³-hybridized carbons (Fsp3) is 0.583. The summed E-state index contributed by atoms with van der Waals surface area (Å²) in [7, 11) is 0. The van der Waals surface area contributed by atoms with Crippen LogP contribution in [0.4, 0.5) is 0 Å². The molecule has 0 radical (unpaired) electrons. The Bertz CT molecular complexity index is 883. The molecule has 1 aromatic heterocycles. The molecule has 0 amide bonds. The highest BCUT2D eigenvalue weighted by atomic mass is 16.1. The second-order valence-corrected chi connectivity index (χ2v) is 9.98. The van der Waals surface area contributed by atoms with Crippen molar-refractivity contribution in [3.63, 3.8) is 0 Å². The third-order valence-electron chi connectivity index (χ3n) is 9.33. The van der Waals surface area contributed by atoms with Crippen LogP contribution in [0.25, 0.3) is 5.57 Å². The van der Waals surface area contributed by atoms with Crippen LogP contribution in [0.2, 0.25) is 0 Å². The van der Waals surface area contributed by atoms with Gasteiger partial charge in [-0.3, -0.25) is 9.78 Å². The minimum Gasteiger partial charge on any atom is -0.299 e. The van der Waals surface area contributed by atoms with Gasteiger partial charge in [-0.1, -0.05) is 37.6 Å². The molecule has 0 aromatic carbocycles. The molecule has 6 rings (SSSR count). The molecule has 5 aliphatic rings. The van der Waals surface area contributed by atoms with Crippen LogP contribution in [-0.2, 0) is 4.79 Å². The van der Waals surface area contributed by atoms with Crippen LogP contribution < -0.4 is 0 Å². The minimum atomic E-state index is 0.0840. The van der Waals surface area contributed by atoms with Crippen molar-refractivity contribution in [2.75, 3.05) is 0 Å². The molecule has 4 fully saturated rings. The number of carbonyl (C=O) groups excluding carboxylic acids is 1. The van der Waals surface area contributed by atoms with Gasteiger partial charge in [-0.25, -0.2) is 0 Å². The number of pyridine rings is 1. The highest BCUT2D eigenvalue weighted by Gasteiger charge is 2.77. The predicted octanol–water partition coefficient (Wildman–Crippen LogP) is 5.22. The van der Waals surface area contributed by atoms with Gasteiger partial charge in [0.15, 0.2) is 0 Å². The Hall–Kier alpha value is -1.70. The smallest absolute Gasteiger partial charge is 0.140 e. The van der Waals surface area contributed by atoms with Gasteiger partial charge in [0.1, 0.15) is 5.78 Å². The van der Waals surface area contributed by atoms with Gasteiger partial charge in [0.2, 0.25) is 0 Å². The second-order valence-electron chi connectivity index (χ2n) is 9.98. The van der Waals surface area contributed by atoms with Crippen molar-refractivity contribution in [3.05, 3.63) is 47.8 Å². The number of fused-ring (bicyclic) bond motifs is 4. The molecule has 4 saturated carbocycles. The lowest BCUT2D eigenvalue weighted by atomic mass is 9.47. The quantitative estimate of drug-likeness (QED) is 0.699. The number of nitrogens with zero attached hydrogens (tertiary/aromatic N) is 1. The fourth-order valence-corrected chi connectivity index (χ4v) is 7.95. The molecule has 1 spiro atoms. The van der Waals surface area contributed by atoms with E-state index in [9.17, 15) is 4.79 Å². The lowest BCUT2D eigenvalue weighted by Gasteiger charge is -2.56. The second kappa shape index (κ2) is 4.58. The van der Waals surface area contributed by atoms with E-state index in [-0.39, 0.29) is 16.2 Å². The van der Waals surface area contributed by atoms with Gasteiger partial charge in [0.05, 0.1) is 0 Å². The lowest BCUT2D eigenvalue weighted by molar-refractivity contribution is -0.140. The summed E-state index contributed by atoms with van der Waals surface area (Å²) in [5.41, 5.74) is 4.63. The summed E-state index contributed by atoms with van der Waals surface area (Å²) in [5, 5.41) is 0. The van der Waals surface area contributed by atoms with Crippen molar-refractivity contribution in [1.82, 2.24) is 4.98 Å². The Morgan fingerprint density at radius 3 is 2.81 bits per heavy atom. The van der Waals surface area contributed by atoms with Crippen molar-refractivity contribution in [2.24, 2.45) is 34.0 Å². The van der Waals surface area contributed by atoms with Gasteiger partial charge in [0, 0.05) is 29.6 Å². The Morgan fingerprint density at radius 1 is 1.15 bits per heavy atom. The summed E-state index contributed by atoms with van der Waals surface area (Å²) < 4.78 is 0. The Kier molecular flexibility index (Phi) is 2.71. The van der Waals surface area contributed by atoms with E-state index in [4.69, 9.17) is 0 Å². The highest BCUT2D eigenvalue weighted by Crippen LogP contribution is 2.80. The number of carbonyl (C=O) groups is 1. The van der Waals surface area contributed by atoms with E-state index in [0.717, 1.165) is 12.3 Å². The molecular formula is C24H27NO. The van der Waals surface area contributed by atoms with Crippen LogP contribution >= 0.6 is 0 Å². The average Bonchev–Trinajstić information content (AvgIpc) is 3.17. The number of rotatable bonds is 1. The molecule has 5 aliphatic carbocycles. The minimum absolute atomic E-state index is 0.0840.